The summed E-state index contributed by atoms with van der Waals surface area (Å²) < 4.78 is 6.77. The molecule has 3 aromatic rings. The molecule has 7 nitrogen and oxygen atoms in total. The predicted octanol–water partition coefficient (Wildman–Crippen LogP) is 3.33. The van der Waals surface area contributed by atoms with E-state index in [0.717, 1.165) is 18.6 Å². The zero-order valence-corrected chi connectivity index (χ0v) is 12.2. The number of thiazole rings is 1. The molecule has 1 atom stereocenters. The highest BCUT2D eigenvalue weighted by atomic mass is 32.1. The van der Waals surface area contributed by atoms with Crippen molar-refractivity contribution in [2.45, 2.75) is 25.8 Å². The van der Waals surface area contributed by atoms with Crippen molar-refractivity contribution < 1.29 is 9.34 Å². The molecule has 0 aliphatic carbocycles. The summed E-state index contributed by atoms with van der Waals surface area (Å²) in [5.41, 5.74) is 0. The van der Waals surface area contributed by atoms with Crippen LogP contribution < -0.4 is 5.32 Å². The lowest BCUT2D eigenvalue weighted by molar-refractivity contribution is -0.389. The fraction of sp³-hybridized carbons (Fsp3) is 0.308. The van der Waals surface area contributed by atoms with Gasteiger partial charge in [0.1, 0.15) is 12.0 Å². The molecule has 3 aromatic heterocycles. The zero-order chi connectivity index (χ0) is 14.8. The SMILES string of the molecule is C[C@H](CCc1ccco1)Nc1nc2sccn2c1[N+](=O)[O-]. The van der Waals surface area contributed by atoms with E-state index in [2.05, 4.69) is 10.3 Å². The van der Waals surface area contributed by atoms with E-state index < -0.39 is 4.92 Å². The maximum Gasteiger partial charge on any atom is 0.372 e. The first-order chi connectivity index (χ1) is 10.1. The number of fused-ring (bicyclic) bond motifs is 1. The van der Waals surface area contributed by atoms with E-state index in [9.17, 15) is 10.1 Å². The van der Waals surface area contributed by atoms with Crippen molar-refractivity contribution in [3.05, 3.63) is 45.8 Å². The van der Waals surface area contributed by atoms with Gasteiger partial charge >= 0.3 is 5.82 Å². The summed E-state index contributed by atoms with van der Waals surface area (Å²) in [6.07, 6.45) is 4.87. The lowest BCUT2D eigenvalue weighted by Gasteiger charge is -2.11. The first kappa shape index (κ1) is 13.6. The van der Waals surface area contributed by atoms with E-state index >= 15 is 0 Å². The molecular formula is C13H14N4O3S. The summed E-state index contributed by atoms with van der Waals surface area (Å²) in [5.74, 6) is 1.21. The Morgan fingerprint density at radius 2 is 2.48 bits per heavy atom. The molecule has 0 aliphatic heterocycles. The summed E-state index contributed by atoms with van der Waals surface area (Å²) in [5, 5.41) is 16.1. The minimum absolute atomic E-state index is 0.0175. The number of anilines is 1. The molecule has 0 bridgehead atoms. The number of nitrogens with zero attached hydrogens (tertiary/aromatic N) is 3. The number of furan rings is 1. The number of aryl methyl sites for hydroxylation is 1. The summed E-state index contributed by atoms with van der Waals surface area (Å²) in [7, 11) is 0. The second-order valence-electron chi connectivity index (χ2n) is 4.76. The highest BCUT2D eigenvalue weighted by Gasteiger charge is 2.24. The molecular weight excluding hydrogens is 292 g/mol. The third-order valence-corrected chi connectivity index (χ3v) is 3.95. The molecule has 3 rings (SSSR count). The molecule has 0 fully saturated rings. The summed E-state index contributed by atoms with van der Waals surface area (Å²) >= 11 is 1.37. The molecule has 110 valence electrons. The van der Waals surface area contributed by atoms with Gasteiger partial charge in [0.2, 0.25) is 5.82 Å². The van der Waals surface area contributed by atoms with Crippen molar-refractivity contribution in [3.8, 4) is 0 Å². The zero-order valence-electron chi connectivity index (χ0n) is 11.4. The van der Waals surface area contributed by atoms with Gasteiger partial charge in [-0.3, -0.25) is 0 Å². The number of imidazole rings is 1. The van der Waals surface area contributed by atoms with E-state index in [1.54, 1.807) is 17.8 Å². The molecule has 0 saturated carbocycles. The van der Waals surface area contributed by atoms with Crippen molar-refractivity contribution in [1.82, 2.24) is 9.38 Å². The fourth-order valence-electron chi connectivity index (χ4n) is 2.16. The van der Waals surface area contributed by atoms with Crippen LogP contribution in [0.2, 0.25) is 0 Å². The van der Waals surface area contributed by atoms with Gasteiger partial charge in [-0.2, -0.15) is 9.38 Å². The topological polar surface area (TPSA) is 85.6 Å². The minimum Gasteiger partial charge on any atom is -0.469 e. The van der Waals surface area contributed by atoms with Gasteiger partial charge in [0.25, 0.3) is 4.96 Å². The van der Waals surface area contributed by atoms with E-state index in [1.165, 1.54) is 15.7 Å². The smallest absolute Gasteiger partial charge is 0.372 e. The Morgan fingerprint density at radius 1 is 1.62 bits per heavy atom. The van der Waals surface area contributed by atoms with Crippen LogP contribution in [0.3, 0.4) is 0 Å². The molecule has 1 N–H and O–H groups in total. The summed E-state index contributed by atoms with van der Waals surface area (Å²) in [4.78, 5) is 15.7. The molecule has 21 heavy (non-hydrogen) atoms. The van der Waals surface area contributed by atoms with Crippen LogP contribution in [0.1, 0.15) is 19.1 Å². The van der Waals surface area contributed by atoms with Crippen LogP contribution in [-0.2, 0) is 6.42 Å². The van der Waals surface area contributed by atoms with E-state index in [4.69, 9.17) is 4.42 Å². The largest absolute Gasteiger partial charge is 0.469 e. The van der Waals surface area contributed by atoms with Crippen LogP contribution >= 0.6 is 11.3 Å². The number of hydrogen-bond donors (Lipinski definition) is 1. The Kier molecular flexibility index (Phi) is 3.61. The van der Waals surface area contributed by atoms with Gasteiger partial charge in [-0.25, -0.2) is 0 Å². The van der Waals surface area contributed by atoms with Crippen molar-refractivity contribution in [2.24, 2.45) is 0 Å². The maximum absolute atomic E-state index is 11.2. The molecule has 0 unspecified atom stereocenters. The second-order valence-corrected chi connectivity index (χ2v) is 5.63. The standard InChI is InChI=1S/C13H14N4O3S/c1-9(4-5-10-3-2-7-20-10)14-11-12(17(18)19)16-6-8-21-13(16)15-11/h2-3,6-9,14H,4-5H2,1H3/t9-/m1/s1. The monoisotopic (exact) mass is 306 g/mol. The lowest BCUT2D eigenvalue weighted by Crippen LogP contribution is -2.17. The molecule has 3 heterocycles. The minimum atomic E-state index is -0.408. The van der Waals surface area contributed by atoms with Crippen LogP contribution in [0.5, 0.6) is 0 Å². The lowest BCUT2D eigenvalue weighted by atomic mass is 10.1. The van der Waals surface area contributed by atoms with Crippen molar-refractivity contribution in [2.75, 3.05) is 5.32 Å². The van der Waals surface area contributed by atoms with Gasteiger partial charge < -0.3 is 19.8 Å². The molecule has 0 saturated heterocycles. The van der Waals surface area contributed by atoms with Crippen LogP contribution in [0, 0.1) is 10.1 Å². The van der Waals surface area contributed by atoms with Crippen LogP contribution in [0.15, 0.2) is 34.4 Å². The Labute approximate surface area is 124 Å². The van der Waals surface area contributed by atoms with E-state index in [0.29, 0.717) is 10.8 Å². The Hall–Kier alpha value is -2.35. The number of hydrogen-bond acceptors (Lipinski definition) is 6. The first-order valence-corrected chi connectivity index (χ1v) is 7.42. The fourth-order valence-corrected chi connectivity index (χ4v) is 2.87. The Morgan fingerprint density at radius 3 is 3.19 bits per heavy atom. The van der Waals surface area contributed by atoms with E-state index in [1.807, 2.05) is 19.1 Å². The molecule has 0 aliphatic rings. The molecule has 0 spiro atoms. The second kappa shape index (κ2) is 5.57. The van der Waals surface area contributed by atoms with Gasteiger partial charge in [-0.05, 0) is 30.4 Å². The molecule has 0 radical (unpaired) electrons. The molecule has 0 amide bonds. The van der Waals surface area contributed by atoms with Crippen LogP contribution in [-0.4, -0.2) is 20.3 Å². The first-order valence-electron chi connectivity index (χ1n) is 6.54. The Balaban J connectivity index is 1.73. The number of rotatable bonds is 6. The van der Waals surface area contributed by atoms with Crippen molar-refractivity contribution in [1.29, 1.82) is 0 Å². The number of nitro groups is 1. The molecule has 8 heteroatoms. The highest BCUT2D eigenvalue weighted by molar-refractivity contribution is 7.15. The van der Waals surface area contributed by atoms with Gasteiger partial charge in [-0.15, -0.1) is 0 Å². The van der Waals surface area contributed by atoms with Gasteiger partial charge in [0.05, 0.1) is 6.26 Å². The normalized spacial score (nSPS) is 12.6. The average molecular weight is 306 g/mol. The van der Waals surface area contributed by atoms with Crippen LogP contribution in [0.4, 0.5) is 11.6 Å². The van der Waals surface area contributed by atoms with Crippen molar-refractivity contribution in [3.63, 3.8) is 0 Å². The van der Waals surface area contributed by atoms with Gasteiger partial charge in [-0.1, -0.05) is 11.3 Å². The summed E-state index contributed by atoms with van der Waals surface area (Å²) in [6, 6.07) is 3.82. The van der Waals surface area contributed by atoms with Crippen LogP contribution in [0.25, 0.3) is 4.96 Å². The summed E-state index contributed by atoms with van der Waals surface area (Å²) in [6.45, 7) is 1.97. The predicted molar refractivity (Wildman–Crippen MR) is 79.8 cm³/mol. The molecule has 0 aromatic carbocycles. The third-order valence-electron chi connectivity index (χ3n) is 3.20. The highest BCUT2D eigenvalue weighted by Crippen LogP contribution is 2.28. The van der Waals surface area contributed by atoms with Gasteiger partial charge in [0.15, 0.2) is 0 Å². The third kappa shape index (κ3) is 2.75. The quantitative estimate of drug-likeness (QED) is 0.557. The Bertz CT molecular complexity index is 747. The maximum atomic E-state index is 11.2. The number of nitrogens with one attached hydrogen (secondary N) is 1. The van der Waals surface area contributed by atoms with Gasteiger partial charge in [0, 0.05) is 17.8 Å². The van der Waals surface area contributed by atoms with E-state index in [-0.39, 0.29) is 11.9 Å². The van der Waals surface area contributed by atoms with Crippen molar-refractivity contribution >= 4 is 27.9 Å². The number of aromatic nitrogens is 2. The average Bonchev–Trinajstić information content (AvgIpc) is 3.11.